The second-order valence-corrected chi connectivity index (χ2v) is 5.71. The highest BCUT2D eigenvalue weighted by Crippen LogP contribution is 2.30. The van der Waals surface area contributed by atoms with Crippen LogP contribution in [0.1, 0.15) is 37.1 Å². The highest BCUT2D eigenvalue weighted by Gasteiger charge is 2.16. The molecular formula is C18H21N3O4. The Morgan fingerprint density at radius 2 is 2.20 bits per heavy atom. The summed E-state index contributed by atoms with van der Waals surface area (Å²) in [5, 5.41) is 10.4. The van der Waals surface area contributed by atoms with Gasteiger partial charge in [-0.05, 0) is 25.5 Å². The summed E-state index contributed by atoms with van der Waals surface area (Å²) in [5.74, 6) is 1.94. The summed E-state index contributed by atoms with van der Waals surface area (Å²) in [7, 11) is 1.60. The number of nitrogens with zero attached hydrogens (tertiary/aromatic N) is 1. The zero-order valence-corrected chi connectivity index (χ0v) is 14.5. The molecule has 0 fully saturated rings. The van der Waals surface area contributed by atoms with E-state index in [9.17, 15) is 4.79 Å². The van der Waals surface area contributed by atoms with Crippen molar-refractivity contribution in [1.29, 1.82) is 0 Å². The first-order valence-electron chi connectivity index (χ1n) is 8.16. The van der Waals surface area contributed by atoms with Gasteiger partial charge < -0.3 is 24.3 Å². The van der Waals surface area contributed by atoms with Crippen LogP contribution >= 0.6 is 0 Å². The van der Waals surface area contributed by atoms with E-state index in [2.05, 4.69) is 15.8 Å². The van der Waals surface area contributed by atoms with Crippen LogP contribution in [-0.2, 0) is 13.0 Å². The fourth-order valence-electron chi connectivity index (χ4n) is 2.52. The number of hydrogen-bond acceptors (Lipinski definition) is 5. The zero-order chi connectivity index (χ0) is 17.8. The number of aryl methyl sites for hydroxylation is 1. The van der Waals surface area contributed by atoms with Crippen molar-refractivity contribution >= 4 is 17.0 Å². The molecule has 0 aliphatic heterocycles. The van der Waals surface area contributed by atoms with Gasteiger partial charge in [-0.1, -0.05) is 24.2 Å². The van der Waals surface area contributed by atoms with E-state index in [1.807, 2.05) is 44.2 Å². The summed E-state index contributed by atoms with van der Waals surface area (Å²) in [4.78, 5) is 12.1. The molecule has 0 saturated carbocycles. The SMILES string of the molecule is CCc1cc(CNC(=O)N[C@H](C)c2cc3cccc(OC)c3o2)on1. The molecule has 7 nitrogen and oxygen atoms in total. The Balaban J connectivity index is 1.61. The van der Waals surface area contributed by atoms with Crippen LogP contribution in [0.3, 0.4) is 0 Å². The highest BCUT2D eigenvalue weighted by atomic mass is 16.5. The van der Waals surface area contributed by atoms with Crippen LogP contribution in [0.25, 0.3) is 11.0 Å². The average molecular weight is 343 g/mol. The van der Waals surface area contributed by atoms with Crippen LogP contribution < -0.4 is 15.4 Å². The lowest BCUT2D eigenvalue weighted by atomic mass is 10.2. The van der Waals surface area contributed by atoms with Gasteiger partial charge in [0.15, 0.2) is 17.1 Å². The maximum Gasteiger partial charge on any atom is 0.315 e. The van der Waals surface area contributed by atoms with Gasteiger partial charge >= 0.3 is 6.03 Å². The normalized spacial score (nSPS) is 12.1. The Morgan fingerprint density at radius 1 is 1.36 bits per heavy atom. The molecule has 1 aromatic carbocycles. The first-order valence-corrected chi connectivity index (χ1v) is 8.16. The second-order valence-electron chi connectivity index (χ2n) is 5.71. The number of ether oxygens (including phenoxy) is 1. The van der Waals surface area contributed by atoms with Gasteiger partial charge in [0.1, 0.15) is 5.76 Å². The Morgan fingerprint density at radius 3 is 2.92 bits per heavy atom. The van der Waals surface area contributed by atoms with E-state index in [0.29, 0.717) is 22.9 Å². The molecule has 0 saturated heterocycles. The smallest absolute Gasteiger partial charge is 0.315 e. The predicted octanol–water partition coefficient (Wildman–Crippen LogP) is 3.55. The molecule has 3 aromatic rings. The molecule has 0 unspecified atom stereocenters. The standard InChI is InChI=1S/C18H21N3O4/c1-4-13-9-14(25-21-13)10-19-18(22)20-11(2)16-8-12-6-5-7-15(23-3)17(12)24-16/h5-9,11H,4,10H2,1-3H3,(H2,19,20,22)/t11-/m1/s1. The van der Waals surface area contributed by atoms with Gasteiger partial charge in [0.05, 0.1) is 25.4 Å². The maximum atomic E-state index is 12.1. The van der Waals surface area contributed by atoms with Crippen molar-refractivity contribution < 1.29 is 18.5 Å². The van der Waals surface area contributed by atoms with E-state index < -0.39 is 0 Å². The lowest BCUT2D eigenvalue weighted by molar-refractivity contribution is 0.234. The number of benzene rings is 1. The van der Waals surface area contributed by atoms with Crippen LogP contribution in [0.4, 0.5) is 4.79 Å². The van der Waals surface area contributed by atoms with Crippen LogP contribution in [0.5, 0.6) is 5.75 Å². The summed E-state index contributed by atoms with van der Waals surface area (Å²) in [6, 6.07) is 8.79. The van der Waals surface area contributed by atoms with Crippen LogP contribution in [0.2, 0.25) is 0 Å². The van der Waals surface area contributed by atoms with Crippen LogP contribution in [0.15, 0.2) is 39.3 Å². The molecule has 1 atom stereocenters. The summed E-state index contributed by atoms with van der Waals surface area (Å²) in [6.07, 6.45) is 0.794. The molecule has 0 bridgehead atoms. The monoisotopic (exact) mass is 343 g/mol. The molecule has 0 spiro atoms. The van der Waals surface area contributed by atoms with E-state index in [-0.39, 0.29) is 18.6 Å². The number of fused-ring (bicyclic) bond motifs is 1. The van der Waals surface area contributed by atoms with Gasteiger partial charge in [-0.2, -0.15) is 0 Å². The molecule has 132 valence electrons. The number of carbonyl (C=O) groups is 1. The number of furan rings is 1. The van der Waals surface area contributed by atoms with Crippen molar-refractivity contribution in [1.82, 2.24) is 15.8 Å². The summed E-state index contributed by atoms with van der Waals surface area (Å²) < 4.78 is 16.3. The number of methoxy groups -OCH3 is 1. The first-order chi connectivity index (χ1) is 12.1. The second kappa shape index (κ2) is 7.29. The van der Waals surface area contributed by atoms with Crippen molar-refractivity contribution in [2.45, 2.75) is 32.9 Å². The molecular weight excluding hydrogens is 322 g/mol. The highest BCUT2D eigenvalue weighted by molar-refractivity contribution is 5.84. The maximum absolute atomic E-state index is 12.1. The number of urea groups is 1. The van der Waals surface area contributed by atoms with Crippen molar-refractivity contribution in [3.8, 4) is 5.75 Å². The van der Waals surface area contributed by atoms with Gasteiger partial charge in [-0.25, -0.2) is 4.79 Å². The third-order valence-electron chi connectivity index (χ3n) is 3.91. The van der Waals surface area contributed by atoms with E-state index in [0.717, 1.165) is 17.5 Å². The number of para-hydroxylation sites is 1. The van der Waals surface area contributed by atoms with Crippen molar-refractivity contribution in [2.75, 3.05) is 7.11 Å². The Bertz CT molecular complexity index is 868. The predicted molar refractivity (Wildman–Crippen MR) is 92.4 cm³/mol. The fourth-order valence-corrected chi connectivity index (χ4v) is 2.52. The van der Waals surface area contributed by atoms with Crippen molar-refractivity contribution in [3.63, 3.8) is 0 Å². The third kappa shape index (κ3) is 3.76. The van der Waals surface area contributed by atoms with Gasteiger partial charge in [0, 0.05) is 11.5 Å². The zero-order valence-electron chi connectivity index (χ0n) is 14.5. The Labute approximate surface area is 145 Å². The summed E-state index contributed by atoms with van der Waals surface area (Å²) in [6.45, 7) is 4.12. The molecule has 0 radical (unpaired) electrons. The minimum Gasteiger partial charge on any atom is -0.493 e. The molecule has 3 rings (SSSR count). The van der Waals surface area contributed by atoms with E-state index in [1.54, 1.807) is 7.11 Å². The van der Waals surface area contributed by atoms with Crippen LogP contribution in [0, 0.1) is 0 Å². The molecule has 2 aromatic heterocycles. The van der Waals surface area contributed by atoms with Gasteiger partial charge in [0.25, 0.3) is 0 Å². The molecule has 2 N–H and O–H groups in total. The number of carbonyl (C=O) groups excluding carboxylic acids is 1. The first kappa shape index (κ1) is 16.9. The van der Waals surface area contributed by atoms with Gasteiger partial charge in [0.2, 0.25) is 0 Å². The number of nitrogens with one attached hydrogen (secondary N) is 2. The fraction of sp³-hybridized carbons (Fsp3) is 0.333. The molecule has 2 amide bonds. The van der Waals surface area contributed by atoms with Gasteiger partial charge in [-0.15, -0.1) is 0 Å². The number of aromatic nitrogens is 1. The molecule has 7 heteroatoms. The Kier molecular flexibility index (Phi) is 4.92. The number of hydrogen-bond donors (Lipinski definition) is 2. The largest absolute Gasteiger partial charge is 0.493 e. The quantitative estimate of drug-likeness (QED) is 0.714. The van der Waals surface area contributed by atoms with E-state index in [1.165, 1.54) is 0 Å². The average Bonchev–Trinajstić information content (AvgIpc) is 3.26. The van der Waals surface area contributed by atoms with Crippen molar-refractivity contribution in [2.24, 2.45) is 0 Å². The number of amides is 2. The molecule has 25 heavy (non-hydrogen) atoms. The van der Waals surface area contributed by atoms with E-state index >= 15 is 0 Å². The summed E-state index contributed by atoms with van der Waals surface area (Å²) >= 11 is 0. The van der Waals surface area contributed by atoms with Crippen LogP contribution in [-0.4, -0.2) is 18.3 Å². The topological polar surface area (TPSA) is 89.5 Å². The molecule has 2 heterocycles. The van der Waals surface area contributed by atoms with Gasteiger partial charge in [-0.3, -0.25) is 0 Å². The van der Waals surface area contributed by atoms with E-state index in [4.69, 9.17) is 13.7 Å². The minimum atomic E-state index is -0.311. The number of rotatable bonds is 6. The lowest BCUT2D eigenvalue weighted by Crippen LogP contribution is -2.36. The Hall–Kier alpha value is -2.96. The lowest BCUT2D eigenvalue weighted by Gasteiger charge is -2.11. The third-order valence-corrected chi connectivity index (χ3v) is 3.91. The molecule has 0 aliphatic rings. The van der Waals surface area contributed by atoms with Crippen molar-refractivity contribution in [3.05, 3.63) is 47.5 Å². The minimum absolute atomic E-state index is 0.277. The molecule has 0 aliphatic carbocycles. The summed E-state index contributed by atoms with van der Waals surface area (Å²) in [5.41, 5.74) is 1.53.